The van der Waals surface area contributed by atoms with E-state index in [2.05, 4.69) is 5.32 Å². The van der Waals surface area contributed by atoms with E-state index in [1.165, 1.54) is 0 Å². The van der Waals surface area contributed by atoms with Gasteiger partial charge in [0.2, 0.25) is 6.10 Å². The largest absolute Gasteiger partial charge is 0.490 e. The molecule has 0 fully saturated rings. The molecule has 29 heavy (non-hydrogen) atoms. The van der Waals surface area contributed by atoms with E-state index in [1.807, 2.05) is 19.9 Å². The Morgan fingerprint density at radius 1 is 1.03 bits per heavy atom. The van der Waals surface area contributed by atoms with Crippen molar-refractivity contribution < 1.29 is 33.3 Å². The Kier molecular flexibility index (Phi) is 6.78. The maximum absolute atomic E-state index is 12.2. The van der Waals surface area contributed by atoms with Crippen LogP contribution in [0.25, 0.3) is 0 Å². The lowest BCUT2D eigenvalue weighted by Gasteiger charge is -2.24. The Morgan fingerprint density at radius 3 is 2.52 bits per heavy atom. The Morgan fingerprint density at radius 2 is 1.76 bits per heavy atom. The zero-order valence-corrected chi connectivity index (χ0v) is 16.3. The summed E-state index contributed by atoms with van der Waals surface area (Å²) in [7, 11) is 0. The lowest BCUT2D eigenvalue weighted by atomic mass is 10.2. The Hall–Kier alpha value is -3.42. The monoisotopic (exact) mass is 401 g/mol. The fourth-order valence-electron chi connectivity index (χ4n) is 2.69. The molecule has 1 aliphatic heterocycles. The lowest BCUT2D eigenvalue weighted by Crippen LogP contribution is -2.39. The minimum atomic E-state index is -0.923. The van der Waals surface area contributed by atoms with Crippen molar-refractivity contribution in [1.82, 2.24) is 0 Å². The maximum atomic E-state index is 12.2. The molecular formula is C21H23NO7. The number of carbonyl (C=O) groups is 2. The number of hydrogen-bond acceptors (Lipinski definition) is 7. The number of amides is 1. The Bertz CT molecular complexity index is 868. The number of esters is 1. The van der Waals surface area contributed by atoms with Crippen LogP contribution < -0.4 is 24.3 Å². The highest BCUT2D eigenvalue weighted by molar-refractivity contribution is 5.93. The van der Waals surface area contributed by atoms with Gasteiger partial charge in [-0.25, -0.2) is 4.79 Å². The van der Waals surface area contributed by atoms with Crippen LogP contribution in [0.3, 0.4) is 0 Å². The second-order valence-electron chi connectivity index (χ2n) is 6.05. The van der Waals surface area contributed by atoms with Gasteiger partial charge in [0.15, 0.2) is 29.6 Å². The van der Waals surface area contributed by atoms with Crippen molar-refractivity contribution >= 4 is 17.6 Å². The third-order valence-electron chi connectivity index (χ3n) is 3.94. The summed E-state index contributed by atoms with van der Waals surface area (Å²) in [6.45, 7) is 4.27. The molecule has 3 rings (SSSR count). The van der Waals surface area contributed by atoms with Gasteiger partial charge >= 0.3 is 5.97 Å². The molecule has 2 aromatic carbocycles. The Balaban J connectivity index is 1.52. The van der Waals surface area contributed by atoms with Gasteiger partial charge in [0, 0.05) is 11.8 Å². The fraction of sp³-hybridized carbons (Fsp3) is 0.333. The van der Waals surface area contributed by atoms with Crippen LogP contribution in [0, 0.1) is 0 Å². The van der Waals surface area contributed by atoms with Crippen LogP contribution >= 0.6 is 0 Å². The number of ether oxygens (including phenoxy) is 5. The van der Waals surface area contributed by atoms with E-state index in [0.29, 0.717) is 41.9 Å². The maximum Gasteiger partial charge on any atom is 0.351 e. The van der Waals surface area contributed by atoms with Crippen molar-refractivity contribution in [3.05, 3.63) is 42.5 Å². The number of hydrogen-bond donors (Lipinski definition) is 1. The van der Waals surface area contributed by atoms with E-state index in [9.17, 15) is 9.59 Å². The van der Waals surface area contributed by atoms with Crippen LogP contribution in [-0.2, 0) is 14.3 Å². The van der Waals surface area contributed by atoms with Gasteiger partial charge in [0.1, 0.15) is 6.61 Å². The topological polar surface area (TPSA) is 92.3 Å². The molecule has 1 heterocycles. The van der Waals surface area contributed by atoms with E-state index in [4.69, 9.17) is 23.7 Å². The van der Waals surface area contributed by atoms with Crippen LogP contribution in [0.4, 0.5) is 5.69 Å². The zero-order chi connectivity index (χ0) is 20.6. The summed E-state index contributed by atoms with van der Waals surface area (Å²) in [6, 6.07) is 12.1. The fourth-order valence-corrected chi connectivity index (χ4v) is 2.69. The van der Waals surface area contributed by atoms with Crippen LogP contribution in [0.2, 0.25) is 0 Å². The normalized spacial score (nSPS) is 14.6. The molecule has 8 heteroatoms. The van der Waals surface area contributed by atoms with Gasteiger partial charge in [-0.15, -0.1) is 0 Å². The summed E-state index contributed by atoms with van der Waals surface area (Å²) in [4.78, 5) is 24.3. The first-order valence-electron chi connectivity index (χ1n) is 9.35. The Labute approximate surface area is 168 Å². The van der Waals surface area contributed by atoms with E-state index in [0.717, 1.165) is 0 Å². The van der Waals surface area contributed by atoms with Crippen molar-refractivity contribution in [2.75, 3.05) is 31.7 Å². The molecule has 0 radical (unpaired) electrons. The molecular weight excluding hydrogens is 378 g/mol. The standard InChI is InChI=1S/C21H23NO7/c1-3-25-16-10-9-14(11-18(16)26-4-2)22-20(23)13-28-21(24)19-12-27-15-7-5-6-8-17(15)29-19/h5-11,19H,3-4,12-13H2,1-2H3,(H,22,23). The highest BCUT2D eigenvalue weighted by atomic mass is 16.6. The van der Waals surface area contributed by atoms with Crippen LogP contribution in [0.15, 0.2) is 42.5 Å². The summed E-state index contributed by atoms with van der Waals surface area (Å²) in [5.74, 6) is 0.986. The molecule has 0 aliphatic carbocycles. The molecule has 0 saturated heterocycles. The number of nitrogens with one attached hydrogen (secondary N) is 1. The average Bonchev–Trinajstić information content (AvgIpc) is 2.74. The molecule has 1 amide bonds. The van der Waals surface area contributed by atoms with E-state index in [1.54, 1.807) is 36.4 Å². The quantitative estimate of drug-likeness (QED) is 0.680. The highest BCUT2D eigenvalue weighted by Gasteiger charge is 2.29. The minimum absolute atomic E-state index is 0.0219. The van der Waals surface area contributed by atoms with Gasteiger partial charge in [-0.2, -0.15) is 0 Å². The number of fused-ring (bicyclic) bond motifs is 1. The van der Waals surface area contributed by atoms with E-state index < -0.39 is 24.6 Å². The van der Waals surface area contributed by atoms with Crippen LogP contribution in [0.5, 0.6) is 23.0 Å². The van der Waals surface area contributed by atoms with Gasteiger partial charge in [-0.3, -0.25) is 4.79 Å². The SMILES string of the molecule is CCOc1ccc(NC(=O)COC(=O)C2COc3ccccc3O2)cc1OCC. The molecule has 1 N–H and O–H groups in total. The van der Waals surface area contributed by atoms with Crippen LogP contribution in [0.1, 0.15) is 13.8 Å². The van der Waals surface area contributed by atoms with Gasteiger partial charge in [-0.1, -0.05) is 12.1 Å². The molecule has 1 atom stereocenters. The summed E-state index contributed by atoms with van der Waals surface area (Å²) in [6.07, 6.45) is -0.923. The van der Waals surface area contributed by atoms with E-state index in [-0.39, 0.29) is 6.61 Å². The van der Waals surface area contributed by atoms with Gasteiger partial charge in [-0.05, 0) is 38.1 Å². The third-order valence-corrected chi connectivity index (χ3v) is 3.94. The predicted molar refractivity (Wildman–Crippen MR) is 105 cm³/mol. The minimum Gasteiger partial charge on any atom is -0.490 e. The lowest BCUT2D eigenvalue weighted by molar-refractivity contribution is -0.156. The predicted octanol–water partition coefficient (Wildman–Crippen LogP) is 2.81. The first-order chi connectivity index (χ1) is 14.1. The molecule has 0 aromatic heterocycles. The van der Waals surface area contributed by atoms with Crippen molar-refractivity contribution in [2.24, 2.45) is 0 Å². The molecule has 1 aliphatic rings. The number of benzene rings is 2. The molecule has 0 saturated carbocycles. The second-order valence-corrected chi connectivity index (χ2v) is 6.05. The van der Waals surface area contributed by atoms with Crippen molar-refractivity contribution in [3.63, 3.8) is 0 Å². The number of rotatable bonds is 8. The third kappa shape index (κ3) is 5.31. The first kappa shape index (κ1) is 20.3. The number of carbonyl (C=O) groups excluding carboxylic acids is 2. The molecule has 154 valence electrons. The summed E-state index contributed by atoms with van der Waals surface area (Å²) in [5, 5.41) is 2.66. The van der Waals surface area contributed by atoms with Gasteiger partial charge in [0.25, 0.3) is 5.91 Å². The number of para-hydroxylation sites is 2. The van der Waals surface area contributed by atoms with Crippen molar-refractivity contribution in [2.45, 2.75) is 20.0 Å². The first-order valence-corrected chi connectivity index (χ1v) is 9.35. The molecule has 0 bridgehead atoms. The number of anilines is 1. The zero-order valence-electron chi connectivity index (χ0n) is 16.3. The van der Waals surface area contributed by atoms with Crippen molar-refractivity contribution in [3.8, 4) is 23.0 Å². The summed E-state index contributed by atoms with van der Waals surface area (Å²) >= 11 is 0. The second kappa shape index (κ2) is 9.68. The molecule has 0 spiro atoms. The summed E-state index contributed by atoms with van der Waals surface area (Å²) < 4.78 is 27.1. The van der Waals surface area contributed by atoms with Gasteiger partial charge in [0.05, 0.1) is 13.2 Å². The van der Waals surface area contributed by atoms with E-state index >= 15 is 0 Å². The van der Waals surface area contributed by atoms with Crippen molar-refractivity contribution in [1.29, 1.82) is 0 Å². The highest BCUT2D eigenvalue weighted by Crippen LogP contribution is 2.32. The molecule has 8 nitrogen and oxygen atoms in total. The summed E-state index contributed by atoms with van der Waals surface area (Å²) in [5.41, 5.74) is 0.504. The average molecular weight is 401 g/mol. The molecule has 2 aromatic rings. The van der Waals surface area contributed by atoms with Gasteiger partial charge < -0.3 is 29.0 Å². The smallest absolute Gasteiger partial charge is 0.351 e. The van der Waals surface area contributed by atoms with Crippen LogP contribution in [-0.4, -0.2) is 44.4 Å². The molecule has 1 unspecified atom stereocenters.